The van der Waals surface area contributed by atoms with E-state index in [4.69, 9.17) is 4.98 Å². The van der Waals surface area contributed by atoms with Crippen molar-refractivity contribution in [2.75, 3.05) is 11.1 Å². The zero-order valence-corrected chi connectivity index (χ0v) is 22.2. The van der Waals surface area contributed by atoms with Gasteiger partial charge in [-0.3, -0.25) is 4.79 Å². The zero-order chi connectivity index (χ0) is 26.7. The second-order valence-electron chi connectivity index (χ2n) is 9.35. The summed E-state index contributed by atoms with van der Waals surface area (Å²) in [5, 5.41) is 2.93. The Bertz CT molecular complexity index is 1690. The van der Waals surface area contributed by atoms with Gasteiger partial charge in [0.05, 0.1) is 28.1 Å². The predicted octanol–water partition coefficient (Wildman–Crippen LogP) is 6.03. The van der Waals surface area contributed by atoms with Gasteiger partial charge in [-0.15, -0.1) is 0 Å². The molecule has 5 aromatic rings. The van der Waals surface area contributed by atoms with Crippen molar-refractivity contribution in [3.63, 3.8) is 0 Å². The number of aryl methyl sites for hydroxylation is 1. The summed E-state index contributed by atoms with van der Waals surface area (Å²) in [4.78, 5) is 17.8. The van der Waals surface area contributed by atoms with E-state index in [0.717, 1.165) is 28.0 Å². The molecule has 0 unspecified atom stereocenters. The summed E-state index contributed by atoms with van der Waals surface area (Å²) in [6.45, 7) is 4.40. The molecule has 4 aromatic carbocycles. The molecule has 6 nitrogen and oxygen atoms in total. The number of anilines is 1. The third-order valence-electron chi connectivity index (χ3n) is 6.54. The monoisotopic (exact) mass is 523 g/mol. The lowest BCUT2D eigenvalue weighted by Crippen LogP contribution is -2.14. The summed E-state index contributed by atoms with van der Waals surface area (Å²) in [6.07, 6.45) is 0.153. The van der Waals surface area contributed by atoms with Crippen LogP contribution in [0.2, 0.25) is 0 Å². The Morgan fingerprint density at radius 1 is 0.868 bits per heavy atom. The quantitative estimate of drug-likeness (QED) is 0.269. The fraction of sp³-hybridized carbons (Fsp3) is 0.161. The Balaban J connectivity index is 1.34. The molecule has 0 saturated carbocycles. The number of amides is 1. The van der Waals surface area contributed by atoms with Gasteiger partial charge < -0.3 is 9.88 Å². The third-order valence-corrected chi connectivity index (χ3v) is 8.29. The van der Waals surface area contributed by atoms with E-state index in [-0.39, 0.29) is 23.0 Å². The van der Waals surface area contributed by atoms with Crippen molar-refractivity contribution in [1.82, 2.24) is 9.55 Å². The lowest BCUT2D eigenvalue weighted by atomic mass is 10.1. The molecule has 1 amide bonds. The number of hydrogen-bond acceptors (Lipinski definition) is 4. The molecule has 38 heavy (non-hydrogen) atoms. The molecule has 0 aliphatic rings. The van der Waals surface area contributed by atoms with Crippen molar-refractivity contribution in [3.05, 3.63) is 114 Å². The summed E-state index contributed by atoms with van der Waals surface area (Å²) in [6, 6.07) is 30.8. The predicted molar refractivity (Wildman–Crippen MR) is 152 cm³/mol. The molecule has 0 atom stereocenters. The van der Waals surface area contributed by atoms with E-state index in [1.165, 1.54) is 11.1 Å². The number of imidazole rings is 1. The Hall–Kier alpha value is -4.23. The fourth-order valence-electron chi connectivity index (χ4n) is 4.45. The van der Waals surface area contributed by atoms with Crippen LogP contribution < -0.4 is 5.32 Å². The molecule has 0 spiro atoms. The van der Waals surface area contributed by atoms with Gasteiger partial charge in [0.25, 0.3) is 0 Å². The zero-order valence-electron chi connectivity index (χ0n) is 21.4. The first-order chi connectivity index (χ1) is 18.3. The molecule has 1 N–H and O–H groups in total. The molecule has 0 fully saturated rings. The van der Waals surface area contributed by atoms with E-state index in [0.29, 0.717) is 12.2 Å². The standard InChI is InChI=1S/C31H29N3O3S/c1-3-38(36,37)27-16-10-23(11-17-27)20-30(35)32-26-14-12-25(13-15-26)31-33-28-18-9-22(2)19-29(28)34(31)21-24-7-5-4-6-8-24/h4-19H,3,20-21H2,1-2H3,(H,32,35). The highest BCUT2D eigenvalue weighted by Crippen LogP contribution is 2.28. The van der Waals surface area contributed by atoms with Crippen LogP contribution in [0, 0.1) is 6.92 Å². The number of carbonyl (C=O) groups excluding carboxylic acids is 1. The minimum absolute atomic E-state index is 0.0466. The Labute approximate surface area is 222 Å². The third kappa shape index (κ3) is 5.53. The van der Waals surface area contributed by atoms with Gasteiger partial charge in [0.1, 0.15) is 5.82 Å². The van der Waals surface area contributed by atoms with E-state index >= 15 is 0 Å². The van der Waals surface area contributed by atoms with Crippen molar-refractivity contribution in [1.29, 1.82) is 0 Å². The first-order valence-electron chi connectivity index (χ1n) is 12.6. The molecule has 0 saturated heterocycles. The average molecular weight is 524 g/mol. The van der Waals surface area contributed by atoms with Crippen LogP contribution in [0.5, 0.6) is 0 Å². The first-order valence-corrected chi connectivity index (χ1v) is 14.2. The fourth-order valence-corrected chi connectivity index (χ4v) is 5.34. The second-order valence-corrected chi connectivity index (χ2v) is 11.6. The van der Waals surface area contributed by atoms with E-state index in [1.54, 1.807) is 31.2 Å². The smallest absolute Gasteiger partial charge is 0.228 e. The summed E-state index contributed by atoms with van der Waals surface area (Å²) >= 11 is 0. The van der Waals surface area contributed by atoms with Crippen LogP contribution in [0.25, 0.3) is 22.4 Å². The molecule has 1 heterocycles. The minimum Gasteiger partial charge on any atom is -0.326 e. The van der Waals surface area contributed by atoms with Crippen LogP contribution in [-0.2, 0) is 27.6 Å². The maximum absolute atomic E-state index is 12.6. The van der Waals surface area contributed by atoms with Gasteiger partial charge >= 0.3 is 0 Å². The number of carbonyl (C=O) groups is 1. The van der Waals surface area contributed by atoms with Crippen LogP contribution in [0.1, 0.15) is 23.6 Å². The van der Waals surface area contributed by atoms with Crippen LogP contribution >= 0.6 is 0 Å². The number of rotatable bonds is 8. The summed E-state index contributed by atoms with van der Waals surface area (Å²) in [5.41, 5.74) is 6.79. The van der Waals surface area contributed by atoms with Crippen molar-refractivity contribution >= 4 is 32.5 Å². The van der Waals surface area contributed by atoms with Gasteiger partial charge in [0.15, 0.2) is 9.84 Å². The van der Waals surface area contributed by atoms with Crippen molar-refractivity contribution in [2.24, 2.45) is 0 Å². The molecule has 0 aliphatic carbocycles. The van der Waals surface area contributed by atoms with Crippen molar-refractivity contribution in [3.8, 4) is 11.4 Å². The Morgan fingerprint density at radius 3 is 2.26 bits per heavy atom. The summed E-state index contributed by atoms with van der Waals surface area (Å²) in [7, 11) is -3.26. The average Bonchev–Trinajstić information content (AvgIpc) is 3.27. The maximum Gasteiger partial charge on any atom is 0.228 e. The van der Waals surface area contributed by atoms with Crippen LogP contribution in [0.15, 0.2) is 102 Å². The number of nitrogens with zero attached hydrogens (tertiary/aromatic N) is 2. The van der Waals surface area contributed by atoms with Crippen molar-refractivity contribution < 1.29 is 13.2 Å². The summed E-state index contributed by atoms with van der Waals surface area (Å²) in [5.74, 6) is 0.746. The highest BCUT2D eigenvalue weighted by Gasteiger charge is 2.15. The number of sulfone groups is 1. The van der Waals surface area contributed by atoms with Gasteiger partial charge in [0.2, 0.25) is 5.91 Å². The van der Waals surface area contributed by atoms with Gasteiger partial charge in [-0.25, -0.2) is 13.4 Å². The summed E-state index contributed by atoms with van der Waals surface area (Å²) < 4.78 is 26.2. The SMILES string of the molecule is CCS(=O)(=O)c1ccc(CC(=O)Nc2ccc(-c3nc4ccc(C)cc4n3Cc3ccccc3)cc2)cc1. The molecule has 5 rings (SSSR count). The van der Waals surface area contributed by atoms with Gasteiger partial charge in [0, 0.05) is 17.8 Å². The van der Waals surface area contributed by atoms with E-state index in [1.807, 2.05) is 42.5 Å². The molecule has 0 bridgehead atoms. The maximum atomic E-state index is 12.6. The van der Waals surface area contributed by atoms with Crippen LogP contribution in [0.3, 0.4) is 0 Å². The van der Waals surface area contributed by atoms with Crippen LogP contribution in [0.4, 0.5) is 5.69 Å². The number of fused-ring (bicyclic) bond motifs is 1. The van der Waals surface area contributed by atoms with Gasteiger partial charge in [-0.2, -0.15) is 0 Å². The largest absolute Gasteiger partial charge is 0.326 e. The molecule has 192 valence electrons. The minimum atomic E-state index is -3.26. The lowest BCUT2D eigenvalue weighted by Gasteiger charge is -2.11. The Morgan fingerprint density at radius 2 is 1.58 bits per heavy atom. The first kappa shape index (κ1) is 25.4. The van der Waals surface area contributed by atoms with E-state index in [9.17, 15) is 13.2 Å². The number of hydrogen-bond donors (Lipinski definition) is 1. The van der Waals surface area contributed by atoms with Gasteiger partial charge in [-0.05, 0) is 72.1 Å². The van der Waals surface area contributed by atoms with E-state index < -0.39 is 9.84 Å². The number of aromatic nitrogens is 2. The lowest BCUT2D eigenvalue weighted by molar-refractivity contribution is -0.115. The molecular weight excluding hydrogens is 494 g/mol. The molecule has 0 radical (unpaired) electrons. The van der Waals surface area contributed by atoms with Crippen LogP contribution in [-0.4, -0.2) is 29.6 Å². The highest BCUT2D eigenvalue weighted by molar-refractivity contribution is 7.91. The molecule has 1 aromatic heterocycles. The topological polar surface area (TPSA) is 81.1 Å². The van der Waals surface area contributed by atoms with Gasteiger partial charge in [-0.1, -0.05) is 55.5 Å². The van der Waals surface area contributed by atoms with Crippen molar-refractivity contribution in [2.45, 2.75) is 31.7 Å². The Kier molecular flexibility index (Phi) is 7.11. The van der Waals surface area contributed by atoms with E-state index in [2.05, 4.69) is 47.1 Å². The number of nitrogens with one attached hydrogen (secondary N) is 1. The molecule has 7 heteroatoms. The highest BCUT2D eigenvalue weighted by atomic mass is 32.2. The molecule has 0 aliphatic heterocycles. The second kappa shape index (κ2) is 10.6. The number of benzene rings is 4. The molecular formula is C31H29N3O3S. The normalized spacial score (nSPS) is 11.5.